The Balaban J connectivity index is 1.36. The average Bonchev–Trinajstić information content (AvgIpc) is 3.22. The van der Waals surface area contributed by atoms with Crippen LogP contribution in [0.15, 0.2) is 64.5 Å². The summed E-state index contributed by atoms with van der Waals surface area (Å²) in [7, 11) is 0. The predicted molar refractivity (Wildman–Crippen MR) is 135 cm³/mol. The van der Waals surface area contributed by atoms with Crippen LogP contribution >= 0.6 is 11.8 Å². The lowest BCUT2D eigenvalue weighted by Crippen LogP contribution is -2.19. The number of aryl methyl sites for hydroxylation is 2. The van der Waals surface area contributed by atoms with Crippen LogP contribution in [-0.2, 0) is 22.4 Å². The molecule has 0 spiro atoms. The van der Waals surface area contributed by atoms with Crippen LogP contribution in [0, 0.1) is 6.92 Å². The highest BCUT2D eigenvalue weighted by Gasteiger charge is 2.11. The molecule has 2 N–H and O–H groups in total. The Kier molecular flexibility index (Phi) is 7.61. The number of carbonyl (C=O) groups is 2. The van der Waals surface area contributed by atoms with Gasteiger partial charge in [-0.15, -0.1) is 5.10 Å². The second-order valence-electron chi connectivity index (χ2n) is 7.69. The number of amides is 2. The van der Waals surface area contributed by atoms with E-state index in [2.05, 4.69) is 32.6 Å². The summed E-state index contributed by atoms with van der Waals surface area (Å²) in [6.45, 7) is 6.03. The lowest BCUT2D eigenvalue weighted by Gasteiger charge is -2.10. The fourth-order valence-electron chi connectivity index (χ4n) is 3.35. The van der Waals surface area contributed by atoms with Gasteiger partial charge in [0.05, 0.1) is 13.0 Å². The number of urea groups is 1. The number of carbonyl (C=O) groups excluding carboxylic acids is 2. The normalized spacial score (nSPS) is 10.8. The van der Waals surface area contributed by atoms with Gasteiger partial charge < -0.3 is 15.4 Å². The molecule has 0 atom stereocenters. The van der Waals surface area contributed by atoms with Crippen LogP contribution in [0.25, 0.3) is 5.78 Å². The van der Waals surface area contributed by atoms with Crippen LogP contribution in [0.5, 0.6) is 0 Å². The summed E-state index contributed by atoms with van der Waals surface area (Å²) < 4.78 is 6.70. The Bertz CT molecular complexity index is 1340. The number of fused-ring (bicyclic) bond motifs is 1. The third-order valence-corrected chi connectivity index (χ3v) is 6.01. The highest BCUT2D eigenvalue weighted by atomic mass is 32.2. The first kappa shape index (κ1) is 24.2. The van der Waals surface area contributed by atoms with Crippen molar-refractivity contribution in [3.05, 3.63) is 71.7 Å². The molecule has 180 valence electrons. The standard InChI is InChI=1S/C25H26N6O3S/c1-4-18-15-22(31-24(27-18)26-16(3)30-31)35-21-12-10-20(11-13-21)29-25(33)28-19-8-6-17(7-9-19)14-23(32)34-5-2/h6-13,15H,4-5,14H2,1-3H3,(H2,28,29,33). The first-order valence-corrected chi connectivity index (χ1v) is 12.1. The summed E-state index contributed by atoms with van der Waals surface area (Å²) in [5.74, 6) is 0.989. The molecule has 9 nitrogen and oxygen atoms in total. The van der Waals surface area contributed by atoms with Crippen LogP contribution in [0.1, 0.15) is 30.9 Å². The Morgan fingerprint density at radius 1 is 0.971 bits per heavy atom. The number of ether oxygens (including phenoxy) is 1. The Morgan fingerprint density at radius 2 is 1.63 bits per heavy atom. The van der Waals surface area contributed by atoms with E-state index in [1.54, 1.807) is 47.5 Å². The van der Waals surface area contributed by atoms with Crippen molar-refractivity contribution in [2.24, 2.45) is 0 Å². The van der Waals surface area contributed by atoms with Gasteiger partial charge in [-0.2, -0.15) is 9.50 Å². The van der Waals surface area contributed by atoms with Crippen LogP contribution in [0.3, 0.4) is 0 Å². The van der Waals surface area contributed by atoms with Crippen molar-refractivity contribution >= 4 is 40.9 Å². The molecule has 2 aromatic carbocycles. The number of aromatic nitrogens is 4. The van der Waals surface area contributed by atoms with Crippen molar-refractivity contribution in [1.29, 1.82) is 0 Å². The first-order valence-electron chi connectivity index (χ1n) is 11.3. The number of rotatable bonds is 8. The van der Waals surface area contributed by atoms with Crippen molar-refractivity contribution < 1.29 is 14.3 Å². The Hall–Kier alpha value is -3.92. The smallest absolute Gasteiger partial charge is 0.323 e. The molecule has 0 aliphatic heterocycles. The second-order valence-corrected chi connectivity index (χ2v) is 8.79. The van der Waals surface area contributed by atoms with Gasteiger partial charge in [-0.1, -0.05) is 30.8 Å². The van der Waals surface area contributed by atoms with E-state index in [0.29, 0.717) is 29.6 Å². The van der Waals surface area contributed by atoms with Crippen molar-refractivity contribution in [2.45, 2.75) is 43.5 Å². The molecule has 4 aromatic rings. The van der Waals surface area contributed by atoms with Crippen molar-refractivity contribution in [3.8, 4) is 0 Å². The van der Waals surface area contributed by atoms with Crippen molar-refractivity contribution in [1.82, 2.24) is 19.6 Å². The van der Waals surface area contributed by atoms with Crippen LogP contribution < -0.4 is 10.6 Å². The van der Waals surface area contributed by atoms with Gasteiger partial charge in [0, 0.05) is 22.0 Å². The Labute approximate surface area is 207 Å². The summed E-state index contributed by atoms with van der Waals surface area (Å²) in [6, 6.07) is 16.3. The molecule has 0 saturated carbocycles. The zero-order chi connectivity index (χ0) is 24.8. The molecule has 2 aromatic heterocycles. The number of esters is 1. The molecule has 0 radical (unpaired) electrons. The molecular weight excluding hydrogens is 464 g/mol. The van der Waals surface area contributed by atoms with Gasteiger partial charge in [0.15, 0.2) is 0 Å². The van der Waals surface area contributed by atoms with E-state index in [0.717, 1.165) is 27.6 Å². The lowest BCUT2D eigenvalue weighted by molar-refractivity contribution is -0.142. The zero-order valence-electron chi connectivity index (χ0n) is 19.7. The van der Waals surface area contributed by atoms with Crippen molar-refractivity contribution in [3.63, 3.8) is 0 Å². The minimum Gasteiger partial charge on any atom is -0.466 e. The van der Waals surface area contributed by atoms with E-state index in [1.165, 1.54) is 0 Å². The Morgan fingerprint density at radius 3 is 2.26 bits per heavy atom. The van der Waals surface area contributed by atoms with E-state index in [-0.39, 0.29) is 18.4 Å². The maximum absolute atomic E-state index is 12.4. The van der Waals surface area contributed by atoms with Crippen molar-refractivity contribution in [2.75, 3.05) is 17.2 Å². The molecule has 35 heavy (non-hydrogen) atoms. The van der Waals surface area contributed by atoms with Gasteiger partial charge in [0.25, 0.3) is 5.78 Å². The topological polar surface area (TPSA) is 111 Å². The number of benzene rings is 2. The van der Waals surface area contributed by atoms with Gasteiger partial charge in [-0.3, -0.25) is 4.79 Å². The molecule has 0 aliphatic rings. The number of anilines is 2. The van der Waals surface area contributed by atoms with E-state index >= 15 is 0 Å². The summed E-state index contributed by atoms with van der Waals surface area (Å²) in [5.41, 5.74) is 3.06. The minimum atomic E-state index is -0.356. The summed E-state index contributed by atoms with van der Waals surface area (Å²) >= 11 is 1.56. The van der Waals surface area contributed by atoms with E-state index in [4.69, 9.17) is 4.74 Å². The molecule has 0 saturated heterocycles. The van der Waals surface area contributed by atoms with Gasteiger partial charge >= 0.3 is 12.0 Å². The molecule has 2 heterocycles. The summed E-state index contributed by atoms with van der Waals surface area (Å²) in [5, 5.41) is 11.0. The molecule has 4 rings (SSSR count). The molecule has 0 fully saturated rings. The molecule has 0 unspecified atom stereocenters. The SMILES string of the molecule is CCOC(=O)Cc1ccc(NC(=O)Nc2ccc(Sc3cc(CC)nc4nc(C)nn34)cc2)cc1. The number of nitrogens with zero attached hydrogens (tertiary/aromatic N) is 4. The van der Waals surface area contributed by atoms with Crippen LogP contribution in [0.2, 0.25) is 0 Å². The number of nitrogens with one attached hydrogen (secondary N) is 2. The number of hydrogen-bond donors (Lipinski definition) is 2. The van der Waals surface area contributed by atoms with Gasteiger partial charge in [0.1, 0.15) is 10.9 Å². The largest absolute Gasteiger partial charge is 0.466 e. The van der Waals surface area contributed by atoms with Crippen LogP contribution in [-0.4, -0.2) is 38.2 Å². The third-order valence-electron chi connectivity index (χ3n) is 5.00. The summed E-state index contributed by atoms with van der Waals surface area (Å²) in [6.07, 6.45) is 1.01. The highest BCUT2D eigenvalue weighted by Crippen LogP contribution is 2.29. The number of hydrogen-bond acceptors (Lipinski definition) is 7. The average molecular weight is 491 g/mol. The summed E-state index contributed by atoms with van der Waals surface area (Å²) in [4.78, 5) is 33.9. The van der Waals surface area contributed by atoms with Gasteiger partial charge in [-0.25, -0.2) is 9.78 Å². The molecule has 0 bridgehead atoms. The van der Waals surface area contributed by atoms with Crippen LogP contribution in [0.4, 0.5) is 16.2 Å². The van der Waals surface area contributed by atoms with E-state index in [9.17, 15) is 9.59 Å². The quantitative estimate of drug-likeness (QED) is 0.267. The molecule has 0 aliphatic carbocycles. The fourth-order valence-corrected chi connectivity index (χ4v) is 4.26. The third kappa shape index (κ3) is 6.36. The fraction of sp³-hybridized carbons (Fsp3) is 0.240. The highest BCUT2D eigenvalue weighted by molar-refractivity contribution is 7.99. The maximum atomic E-state index is 12.4. The predicted octanol–water partition coefficient (Wildman–Crippen LogP) is 4.90. The lowest BCUT2D eigenvalue weighted by atomic mass is 10.1. The van der Waals surface area contributed by atoms with Gasteiger partial charge in [0.2, 0.25) is 0 Å². The second kappa shape index (κ2) is 11.0. The molecule has 10 heteroatoms. The monoisotopic (exact) mass is 490 g/mol. The molecular formula is C25H26N6O3S. The minimum absolute atomic E-state index is 0.200. The zero-order valence-corrected chi connectivity index (χ0v) is 20.6. The molecule has 2 amide bonds. The first-order chi connectivity index (χ1) is 16.9. The van der Waals surface area contributed by atoms with E-state index < -0.39 is 0 Å². The van der Waals surface area contributed by atoms with E-state index in [1.807, 2.05) is 37.3 Å². The maximum Gasteiger partial charge on any atom is 0.323 e. The van der Waals surface area contributed by atoms with Gasteiger partial charge in [-0.05, 0) is 68.3 Å².